The van der Waals surface area contributed by atoms with Crippen molar-refractivity contribution < 1.29 is 0 Å². The van der Waals surface area contributed by atoms with E-state index in [1.165, 1.54) is 0 Å². The lowest BCUT2D eigenvalue weighted by Crippen LogP contribution is -1.92. The number of nitrogens with zero attached hydrogens (tertiary/aromatic N) is 2. The van der Waals surface area contributed by atoms with E-state index in [0.29, 0.717) is 0 Å². The lowest BCUT2D eigenvalue weighted by Gasteiger charge is -2.03. The fourth-order valence-electron chi connectivity index (χ4n) is 1.98. The van der Waals surface area contributed by atoms with Gasteiger partial charge in [0.05, 0.1) is 11.1 Å². The van der Waals surface area contributed by atoms with Crippen molar-refractivity contribution in [3.63, 3.8) is 0 Å². The van der Waals surface area contributed by atoms with Crippen molar-refractivity contribution >= 4 is 10.9 Å². The highest BCUT2D eigenvalue weighted by Crippen LogP contribution is 2.27. The van der Waals surface area contributed by atoms with Gasteiger partial charge in [0.1, 0.15) is 6.07 Å². The molecule has 0 aromatic carbocycles. The highest BCUT2D eigenvalue weighted by atomic mass is 14.8. The Labute approximate surface area is 88.8 Å². The minimum Gasteiger partial charge on any atom is -0.357 e. The van der Waals surface area contributed by atoms with Crippen LogP contribution in [0.5, 0.6) is 0 Å². The maximum Gasteiger partial charge on any atom is 0.102 e. The second-order valence-electron chi connectivity index (χ2n) is 3.89. The summed E-state index contributed by atoms with van der Waals surface area (Å²) in [7, 11) is 0. The quantitative estimate of drug-likeness (QED) is 0.709. The number of nitriles is 1. The normalized spacial score (nSPS) is 10.6. The summed E-state index contributed by atoms with van der Waals surface area (Å²) in [5, 5.41) is 10.1. The summed E-state index contributed by atoms with van der Waals surface area (Å²) in [6.07, 6.45) is 0. The van der Waals surface area contributed by atoms with Gasteiger partial charge in [-0.1, -0.05) is 0 Å². The van der Waals surface area contributed by atoms with Gasteiger partial charge in [0.25, 0.3) is 0 Å². The molecule has 0 radical (unpaired) electrons. The van der Waals surface area contributed by atoms with Gasteiger partial charge in [-0.3, -0.25) is 4.98 Å². The molecule has 0 aliphatic heterocycles. The highest BCUT2D eigenvalue weighted by molar-refractivity contribution is 5.91. The van der Waals surface area contributed by atoms with E-state index in [2.05, 4.69) is 16.0 Å². The van der Waals surface area contributed by atoms with Gasteiger partial charge >= 0.3 is 0 Å². The lowest BCUT2D eigenvalue weighted by molar-refractivity contribution is 1.11. The summed E-state index contributed by atoms with van der Waals surface area (Å²) in [5.41, 5.74) is 5.76. The first-order valence-electron chi connectivity index (χ1n) is 4.92. The van der Waals surface area contributed by atoms with Crippen LogP contribution in [0.15, 0.2) is 0 Å². The summed E-state index contributed by atoms with van der Waals surface area (Å²) in [6.45, 7) is 7.89. The smallest absolute Gasteiger partial charge is 0.102 e. The van der Waals surface area contributed by atoms with Crippen molar-refractivity contribution in [2.75, 3.05) is 0 Å². The van der Waals surface area contributed by atoms with Crippen molar-refractivity contribution in [1.29, 1.82) is 5.26 Å². The number of H-pyrrole nitrogens is 1. The summed E-state index contributed by atoms with van der Waals surface area (Å²) in [6, 6.07) is 2.23. The SMILES string of the molecule is Cc1nc(C)c2c(C#N)c(C)[nH]c2c1C. The molecule has 2 heterocycles. The minimum atomic E-state index is 0.720. The molecule has 2 aromatic heterocycles. The van der Waals surface area contributed by atoms with E-state index in [9.17, 15) is 0 Å². The molecular formula is C12H13N3. The third-order valence-electron chi connectivity index (χ3n) is 2.91. The van der Waals surface area contributed by atoms with E-state index in [1.807, 2.05) is 27.7 Å². The average Bonchev–Trinajstić information content (AvgIpc) is 2.52. The molecule has 3 heteroatoms. The lowest BCUT2D eigenvalue weighted by atomic mass is 10.1. The topological polar surface area (TPSA) is 52.5 Å². The average molecular weight is 199 g/mol. The van der Waals surface area contributed by atoms with E-state index in [-0.39, 0.29) is 0 Å². The molecule has 0 aliphatic carbocycles. The number of hydrogen-bond donors (Lipinski definition) is 1. The van der Waals surface area contributed by atoms with Crippen LogP contribution in [0.2, 0.25) is 0 Å². The number of rotatable bonds is 0. The van der Waals surface area contributed by atoms with Gasteiger partial charge in [-0.05, 0) is 33.3 Å². The molecule has 2 aromatic rings. The van der Waals surface area contributed by atoms with Gasteiger partial charge in [0.15, 0.2) is 0 Å². The number of aryl methyl sites for hydroxylation is 4. The zero-order chi connectivity index (χ0) is 11.2. The molecule has 0 saturated carbocycles. The Morgan fingerprint density at radius 1 is 1.13 bits per heavy atom. The molecule has 0 saturated heterocycles. The van der Waals surface area contributed by atoms with Crippen LogP contribution < -0.4 is 0 Å². The van der Waals surface area contributed by atoms with Gasteiger partial charge in [-0.15, -0.1) is 0 Å². The molecule has 0 spiro atoms. The third-order valence-corrected chi connectivity index (χ3v) is 2.91. The molecule has 76 valence electrons. The summed E-state index contributed by atoms with van der Waals surface area (Å²) >= 11 is 0. The van der Waals surface area contributed by atoms with Crippen molar-refractivity contribution in [1.82, 2.24) is 9.97 Å². The van der Waals surface area contributed by atoms with E-state index < -0.39 is 0 Å². The molecule has 2 rings (SSSR count). The molecule has 0 unspecified atom stereocenters. The Hall–Kier alpha value is -1.82. The van der Waals surface area contributed by atoms with Crippen LogP contribution in [0.4, 0.5) is 0 Å². The number of hydrogen-bond acceptors (Lipinski definition) is 2. The van der Waals surface area contributed by atoms with Crippen molar-refractivity contribution in [2.45, 2.75) is 27.7 Å². The molecule has 1 N–H and O–H groups in total. The van der Waals surface area contributed by atoms with Crippen LogP contribution in [0.25, 0.3) is 10.9 Å². The highest BCUT2D eigenvalue weighted by Gasteiger charge is 2.14. The first-order chi connectivity index (χ1) is 7.06. The van der Waals surface area contributed by atoms with Gasteiger partial charge in [-0.2, -0.15) is 5.26 Å². The molecule has 15 heavy (non-hydrogen) atoms. The first-order valence-corrected chi connectivity index (χ1v) is 4.92. The molecule has 0 atom stereocenters. The molecule has 0 aliphatic rings. The summed E-state index contributed by atoms with van der Waals surface area (Å²) in [4.78, 5) is 7.72. The van der Waals surface area contributed by atoms with Gasteiger partial charge in [0.2, 0.25) is 0 Å². The van der Waals surface area contributed by atoms with Gasteiger partial charge in [-0.25, -0.2) is 0 Å². The number of nitrogens with one attached hydrogen (secondary N) is 1. The maximum atomic E-state index is 9.09. The van der Waals surface area contributed by atoms with E-state index >= 15 is 0 Å². The van der Waals surface area contributed by atoms with E-state index in [0.717, 1.165) is 39.1 Å². The fraction of sp³-hybridized carbons (Fsp3) is 0.333. The Balaban J connectivity index is 3.04. The fourth-order valence-corrected chi connectivity index (χ4v) is 1.98. The van der Waals surface area contributed by atoms with Crippen LogP contribution in [-0.2, 0) is 0 Å². The zero-order valence-electron chi connectivity index (χ0n) is 9.39. The van der Waals surface area contributed by atoms with Crippen LogP contribution >= 0.6 is 0 Å². The molecular weight excluding hydrogens is 186 g/mol. The van der Waals surface area contributed by atoms with Crippen LogP contribution in [0.3, 0.4) is 0 Å². The van der Waals surface area contributed by atoms with Crippen molar-refractivity contribution in [2.24, 2.45) is 0 Å². The summed E-state index contributed by atoms with van der Waals surface area (Å²) < 4.78 is 0. The molecule has 3 nitrogen and oxygen atoms in total. The Bertz CT molecular complexity index is 585. The predicted octanol–water partition coefficient (Wildman–Crippen LogP) is 2.67. The predicted molar refractivity (Wildman–Crippen MR) is 59.8 cm³/mol. The Morgan fingerprint density at radius 3 is 2.40 bits per heavy atom. The molecule has 0 fully saturated rings. The molecule has 0 bridgehead atoms. The third kappa shape index (κ3) is 1.22. The number of aromatic amines is 1. The monoisotopic (exact) mass is 199 g/mol. The largest absolute Gasteiger partial charge is 0.357 e. The Kier molecular flexibility index (Phi) is 2.01. The number of fused-ring (bicyclic) bond motifs is 1. The van der Waals surface area contributed by atoms with Crippen molar-refractivity contribution in [3.05, 3.63) is 28.2 Å². The van der Waals surface area contributed by atoms with Crippen LogP contribution in [0.1, 0.15) is 28.2 Å². The zero-order valence-corrected chi connectivity index (χ0v) is 9.39. The first kappa shape index (κ1) is 9.72. The second kappa shape index (κ2) is 3.09. The number of pyridine rings is 1. The van der Waals surface area contributed by atoms with Gasteiger partial charge in [0, 0.05) is 22.5 Å². The van der Waals surface area contributed by atoms with Crippen LogP contribution in [0, 0.1) is 39.0 Å². The number of aromatic nitrogens is 2. The van der Waals surface area contributed by atoms with Crippen molar-refractivity contribution in [3.8, 4) is 6.07 Å². The Morgan fingerprint density at radius 2 is 1.80 bits per heavy atom. The van der Waals surface area contributed by atoms with E-state index in [1.54, 1.807) is 0 Å². The van der Waals surface area contributed by atoms with E-state index in [4.69, 9.17) is 5.26 Å². The minimum absolute atomic E-state index is 0.720. The van der Waals surface area contributed by atoms with Gasteiger partial charge < -0.3 is 4.98 Å². The maximum absolute atomic E-state index is 9.09. The molecule has 0 amide bonds. The second-order valence-corrected chi connectivity index (χ2v) is 3.89. The van der Waals surface area contributed by atoms with Crippen LogP contribution in [-0.4, -0.2) is 9.97 Å². The standard InChI is InChI=1S/C12H13N3/c1-6-7(2)14-9(4)11-10(5-13)8(3)15-12(6)11/h15H,1-4H3. The summed E-state index contributed by atoms with van der Waals surface area (Å²) in [5.74, 6) is 0.